The first-order chi connectivity index (χ1) is 15.9. The molecule has 1 saturated heterocycles. The standard InChI is InChI=1S/C19H23N.C7H15N.C4H8.C2H6/c1-13-7-8-17(9-14(13)2)18-10-15(3)16(4)19(11-18)12-20(5)6;1-6-3-4-8-7(2)5-6;1-4(2)3;1-2/h7-12H,4H2,1-3,5-6H3;6-8H,3-5H2,1-2H3;1H2,2-3H3;1-2H3/b19-12-;;;. The third-order valence-electron chi connectivity index (χ3n) is 5.63. The molecule has 1 N–H and O–H groups in total. The van der Waals surface area contributed by atoms with Gasteiger partial charge in [-0.3, -0.25) is 0 Å². The molecule has 190 valence electrons. The molecule has 0 spiro atoms. The van der Waals surface area contributed by atoms with Gasteiger partial charge in [-0.2, -0.15) is 0 Å². The number of allylic oxidation sites excluding steroid dienone is 1. The van der Waals surface area contributed by atoms with Gasteiger partial charge >= 0.3 is 0 Å². The van der Waals surface area contributed by atoms with Crippen molar-refractivity contribution in [1.82, 2.24) is 10.2 Å². The van der Waals surface area contributed by atoms with Gasteiger partial charge in [-0.15, -0.1) is 6.58 Å². The minimum Gasteiger partial charge on any atom is -0.383 e. The Morgan fingerprint density at radius 1 is 0.941 bits per heavy atom. The predicted octanol–water partition coefficient (Wildman–Crippen LogP) is 6.99. The number of piperidine rings is 1. The number of nitrogens with zero attached hydrogens (tertiary/aromatic N) is 1. The molecule has 2 nitrogen and oxygen atoms in total. The van der Waals surface area contributed by atoms with E-state index in [1.807, 2.05) is 41.8 Å². The van der Waals surface area contributed by atoms with Crippen LogP contribution in [0.2, 0.25) is 0 Å². The zero-order chi connectivity index (χ0) is 26.4. The average molecular weight is 465 g/mol. The number of aryl methyl sites for hydroxylation is 3. The number of benzene rings is 2. The zero-order valence-corrected chi connectivity index (χ0v) is 24.1. The monoisotopic (exact) mass is 464 g/mol. The van der Waals surface area contributed by atoms with Crippen LogP contribution in [0.1, 0.15) is 71.1 Å². The normalized spacial score (nSPS) is 17.2. The molecule has 2 aromatic rings. The van der Waals surface area contributed by atoms with Gasteiger partial charge in [0.1, 0.15) is 0 Å². The minimum atomic E-state index is 0.763. The van der Waals surface area contributed by atoms with Crippen LogP contribution in [0.25, 0.3) is 23.9 Å². The summed E-state index contributed by atoms with van der Waals surface area (Å²) in [7, 11) is 4.08. The van der Waals surface area contributed by atoms with E-state index in [-0.39, 0.29) is 0 Å². The van der Waals surface area contributed by atoms with Crippen LogP contribution in [0.15, 0.2) is 42.5 Å². The highest BCUT2D eigenvalue weighted by molar-refractivity contribution is 5.66. The lowest BCUT2D eigenvalue weighted by molar-refractivity contribution is 0.336. The van der Waals surface area contributed by atoms with Gasteiger partial charge in [0.05, 0.1) is 0 Å². The number of hydrogen-bond acceptors (Lipinski definition) is 2. The summed E-state index contributed by atoms with van der Waals surface area (Å²) in [6.07, 6.45) is 4.85. The van der Waals surface area contributed by atoms with Gasteiger partial charge in [-0.1, -0.05) is 57.2 Å². The highest BCUT2D eigenvalue weighted by Gasteiger charge is 2.12. The number of hydrogen-bond donors (Lipinski definition) is 1. The Labute approximate surface area is 211 Å². The molecule has 0 radical (unpaired) electrons. The largest absolute Gasteiger partial charge is 0.383 e. The molecule has 0 amide bonds. The van der Waals surface area contributed by atoms with Gasteiger partial charge in [0.15, 0.2) is 0 Å². The van der Waals surface area contributed by atoms with Crippen LogP contribution in [0.5, 0.6) is 0 Å². The predicted molar refractivity (Wildman–Crippen MR) is 157 cm³/mol. The second-order valence-electron chi connectivity index (χ2n) is 9.94. The topological polar surface area (TPSA) is 15.3 Å². The molecule has 0 aliphatic carbocycles. The highest BCUT2D eigenvalue weighted by atomic mass is 15.0. The maximum atomic E-state index is 4.18. The van der Waals surface area contributed by atoms with Gasteiger partial charge in [-0.05, 0) is 111 Å². The molecular formula is C32H52N2. The Bertz CT molecular complexity index is 973. The number of nitrogens with one attached hydrogen (secondary N) is 1. The van der Waals surface area contributed by atoms with Crippen molar-refractivity contribution in [3.63, 3.8) is 0 Å². The third-order valence-corrected chi connectivity index (χ3v) is 5.63. The van der Waals surface area contributed by atoms with Crippen molar-refractivity contribution in [1.29, 1.82) is 0 Å². The van der Waals surface area contributed by atoms with E-state index in [0.717, 1.165) is 17.2 Å². The summed E-state index contributed by atoms with van der Waals surface area (Å²) in [5.74, 6) is 0.950. The van der Waals surface area contributed by atoms with Crippen LogP contribution in [0.4, 0.5) is 0 Å². The molecule has 34 heavy (non-hydrogen) atoms. The first-order valence-electron chi connectivity index (χ1n) is 12.8. The maximum absolute atomic E-state index is 4.18. The lowest BCUT2D eigenvalue weighted by Gasteiger charge is -2.24. The molecular weight excluding hydrogens is 412 g/mol. The maximum Gasteiger partial charge on any atom is 0.00648 e. The summed E-state index contributed by atoms with van der Waals surface area (Å²) in [5.41, 5.74) is 7.58. The summed E-state index contributed by atoms with van der Waals surface area (Å²) in [5, 5.41) is 5.70. The summed E-state index contributed by atoms with van der Waals surface area (Å²) < 4.78 is 0. The second kappa shape index (κ2) is 16.3. The zero-order valence-electron chi connectivity index (χ0n) is 24.1. The van der Waals surface area contributed by atoms with Gasteiger partial charge in [0, 0.05) is 26.3 Å². The van der Waals surface area contributed by atoms with Crippen molar-refractivity contribution in [2.75, 3.05) is 20.6 Å². The van der Waals surface area contributed by atoms with Gasteiger partial charge in [-0.25, -0.2) is 0 Å². The quantitative estimate of drug-likeness (QED) is 0.482. The molecule has 1 aliphatic rings. The molecule has 2 unspecified atom stereocenters. The van der Waals surface area contributed by atoms with E-state index in [4.69, 9.17) is 0 Å². The summed E-state index contributed by atoms with van der Waals surface area (Å²) >= 11 is 0. The second-order valence-corrected chi connectivity index (χ2v) is 9.94. The fourth-order valence-corrected chi connectivity index (χ4v) is 3.71. The first-order valence-corrected chi connectivity index (χ1v) is 12.8. The van der Waals surface area contributed by atoms with Crippen LogP contribution in [0, 0.1) is 26.7 Å². The molecule has 2 aromatic carbocycles. The fourth-order valence-electron chi connectivity index (χ4n) is 3.71. The van der Waals surface area contributed by atoms with Crippen molar-refractivity contribution >= 4 is 12.8 Å². The summed E-state index contributed by atoms with van der Waals surface area (Å²) in [6.45, 7) is 27.9. The van der Waals surface area contributed by atoms with Crippen LogP contribution in [-0.4, -0.2) is 31.6 Å². The number of rotatable bonds is 2. The average Bonchev–Trinajstić information content (AvgIpc) is 2.74. The van der Waals surface area contributed by atoms with Crippen molar-refractivity contribution in [2.24, 2.45) is 5.92 Å². The Hall–Kier alpha value is -2.32. The van der Waals surface area contributed by atoms with Crippen LogP contribution < -0.4 is 15.8 Å². The Morgan fingerprint density at radius 3 is 1.94 bits per heavy atom. The third kappa shape index (κ3) is 12.2. The molecule has 0 aromatic heterocycles. The lowest BCUT2D eigenvalue weighted by atomic mass is 9.96. The molecule has 3 rings (SSSR count). The van der Waals surface area contributed by atoms with Crippen LogP contribution in [-0.2, 0) is 0 Å². The Kier molecular flexibility index (Phi) is 15.2. The van der Waals surface area contributed by atoms with Crippen molar-refractivity contribution < 1.29 is 0 Å². The molecule has 1 heterocycles. The van der Waals surface area contributed by atoms with E-state index >= 15 is 0 Å². The fraction of sp³-hybridized carbons (Fsp3) is 0.500. The van der Waals surface area contributed by atoms with Gasteiger partial charge in [0.25, 0.3) is 0 Å². The van der Waals surface area contributed by atoms with Crippen molar-refractivity contribution in [3.05, 3.63) is 69.6 Å². The lowest BCUT2D eigenvalue weighted by Crippen LogP contribution is -2.34. The molecule has 2 atom stereocenters. The molecule has 1 aliphatic heterocycles. The van der Waals surface area contributed by atoms with E-state index in [2.05, 4.69) is 94.5 Å². The van der Waals surface area contributed by atoms with Crippen LogP contribution >= 0.6 is 0 Å². The smallest absolute Gasteiger partial charge is 0.00648 e. The van der Waals surface area contributed by atoms with E-state index in [9.17, 15) is 0 Å². The van der Waals surface area contributed by atoms with Crippen molar-refractivity contribution in [3.8, 4) is 11.1 Å². The molecule has 0 saturated carbocycles. The Morgan fingerprint density at radius 2 is 1.50 bits per heavy atom. The van der Waals surface area contributed by atoms with E-state index in [1.54, 1.807) is 0 Å². The molecule has 0 bridgehead atoms. The van der Waals surface area contributed by atoms with E-state index in [1.165, 1.54) is 58.0 Å². The summed E-state index contributed by atoms with van der Waals surface area (Å²) in [4.78, 5) is 2.06. The first kappa shape index (κ1) is 31.7. The van der Waals surface area contributed by atoms with E-state index in [0.29, 0.717) is 0 Å². The Balaban J connectivity index is 0.000000640. The molecule has 2 heteroatoms. The van der Waals surface area contributed by atoms with Crippen molar-refractivity contribution in [2.45, 2.75) is 81.2 Å². The minimum absolute atomic E-state index is 0.763. The van der Waals surface area contributed by atoms with Crippen LogP contribution in [0.3, 0.4) is 0 Å². The van der Waals surface area contributed by atoms with E-state index < -0.39 is 0 Å². The SMILES string of the molecule is C=C(C)C.C=c1c(C)cc(-c2ccc(C)c(C)c2)c/c1=C/N(C)C.CC.CC1CCNC(C)C1. The van der Waals surface area contributed by atoms with Gasteiger partial charge in [0.2, 0.25) is 0 Å². The molecule has 1 fully saturated rings. The summed E-state index contributed by atoms with van der Waals surface area (Å²) in [6, 6.07) is 11.8. The highest BCUT2D eigenvalue weighted by Crippen LogP contribution is 2.21. The van der Waals surface area contributed by atoms with Gasteiger partial charge < -0.3 is 10.2 Å².